The van der Waals surface area contributed by atoms with Crippen molar-refractivity contribution < 1.29 is 0 Å². The molecule has 0 aliphatic carbocycles. The van der Waals surface area contributed by atoms with E-state index in [0.29, 0.717) is 12.0 Å². The molecule has 17 heavy (non-hydrogen) atoms. The van der Waals surface area contributed by atoms with Gasteiger partial charge in [-0.1, -0.05) is 20.8 Å². The van der Waals surface area contributed by atoms with Gasteiger partial charge in [-0.3, -0.25) is 0 Å². The molecule has 1 atom stereocenters. The van der Waals surface area contributed by atoms with E-state index in [0.717, 1.165) is 24.6 Å². The smallest absolute Gasteiger partial charge is 0.135 e. The number of aromatic nitrogens is 2. The molecule has 0 saturated carbocycles. The molecular formula is C13H24N4. The third-order valence-electron chi connectivity index (χ3n) is 2.80. The Labute approximate surface area is 104 Å². The monoisotopic (exact) mass is 236 g/mol. The molecule has 96 valence electrons. The summed E-state index contributed by atoms with van der Waals surface area (Å²) in [6.45, 7) is 11.6. The van der Waals surface area contributed by atoms with Gasteiger partial charge in [0.2, 0.25) is 0 Å². The first-order chi connectivity index (χ1) is 8.10. The van der Waals surface area contributed by atoms with Crippen LogP contribution < -0.4 is 10.6 Å². The van der Waals surface area contributed by atoms with Gasteiger partial charge in [-0.15, -0.1) is 0 Å². The fourth-order valence-electron chi connectivity index (χ4n) is 1.70. The zero-order valence-electron chi connectivity index (χ0n) is 11.5. The SMILES string of the molecule is CCNc1ncnc(NC(C)CC)c1C(C)C. The van der Waals surface area contributed by atoms with Crippen LogP contribution in [0.4, 0.5) is 11.6 Å². The number of hydrogen-bond acceptors (Lipinski definition) is 4. The molecule has 0 aliphatic heterocycles. The predicted molar refractivity (Wildman–Crippen MR) is 73.7 cm³/mol. The second-order valence-corrected chi connectivity index (χ2v) is 4.62. The Balaban J connectivity index is 3.06. The fourth-order valence-corrected chi connectivity index (χ4v) is 1.70. The van der Waals surface area contributed by atoms with Crippen molar-refractivity contribution in [2.75, 3.05) is 17.2 Å². The van der Waals surface area contributed by atoms with Gasteiger partial charge in [-0.2, -0.15) is 0 Å². The number of anilines is 2. The number of nitrogens with one attached hydrogen (secondary N) is 2. The van der Waals surface area contributed by atoms with Crippen molar-refractivity contribution in [1.29, 1.82) is 0 Å². The summed E-state index contributed by atoms with van der Waals surface area (Å²) in [5, 5.41) is 6.75. The van der Waals surface area contributed by atoms with Crippen LogP contribution in [0.25, 0.3) is 0 Å². The molecule has 0 saturated heterocycles. The maximum absolute atomic E-state index is 4.37. The van der Waals surface area contributed by atoms with Gasteiger partial charge in [0.1, 0.15) is 18.0 Å². The van der Waals surface area contributed by atoms with Crippen LogP contribution in [0.2, 0.25) is 0 Å². The normalized spacial score (nSPS) is 12.6. The first kappa shape index (κ1) is 13.7. The molecule has 4 nitrogen and oxygen atoms in total. The van der Waals surface area contributed by atoms with Gasteiger partial charge < -0.3 is 10.6 Å². The molecule has 0 fully saturated rings. The Morgan fingerprint density at radius 2 is 1.76 bits per heavy atom. The average molecular weight is 236 g/mol. The lowest BCUT2D eigenvalue weighted by Gasteiger charge is -2.20. The minimum atomic E-state index is 0.400. The molecule has 0 aliphatic rings. The minimum Gasteiger partial charge on any atom is -0.370 e. The largest absolute Gasteiger partial charge is 0.370 e. The summed E-state index contributed by atoms with van der Waals surface area (Å²) in [7, 11) is 0. The minimum absolute atomic E-state index is 0.400. The van der Waals surface area contributed by atoms with E-state index in [-0.39, 0.29) is 0 Å². The lowest BCUT2D eigenvalue weighted by atomic mass is 10.0. The second kappa shape index (κ2) is 6.42. The number of rotatable bonds is 6. The first-order valence-corrected chi connectivity index (χ1v) is 6.45. The van der Waals surface area contributed by atoms with Crippen LogP contribution >= 0.6 is 0 Å². The first-order valence-electron chi connectivity index (χ1n) is 6.45. The number of nitrogens with zero attached hydrogens (tertiary/aromatic N) is 2. The van der Waals surface area contributed by atoms with Crippen molar-refractivity contribution in [2.24, 2.45) is 0 Å². The molecule has 0 amide bonds. The Hall–Kier alpha value is -1.32. The molecular weight excluding hydrogens is 212 g/mol. The quantitative estimate of drug-likeness (QED) is 0.796. The highest BCUT2D eigenvalue weighted by Crippen LogP contribution is 2.28. The van der Waals surface area contributed by atoms with Gasteiger partial charge in [0, 0.05) is 18.2 Å². The molecule has 2 N–H and O–H groups in total. The van der Waals surface area contributed by atoms with Crippen LogP contribution in [0, 0.1) is 0 Å². The summed E-state index contributed by atoms with van der Waals surface area (Å²) in [5.74, 6) is 2.31. The standard InChI is InChI=1S/C13H24N4/c1-6-10(5)17-13-11(9(3)4)12(14-7-2)15-8-16-13/h8-10H,6-7H2,1-5H3,(H2,14,15,16,17). The topological polar surface area (TPSA) is 49.8 Å². The van der Waals surface area contributed by atoms with Crippen LogP contribution in [-0.2, 0) is 0 Å². The van der Waals surface area contributed by atoms with Crippen molar-refractivity contribution in [3.05, 3.63) is 11.9 Å². The van der Waals surface area contributed by atoms with Crippen LogP contribution in [-0.4, -0.2) is 22.6 Å². The molecule has 4 heteroatoms. The van der Waals surface area contributed by atoms with Gasteiger partial charge >= 0.3 is 0 Å². The molecule has 1 aromatic rings. The zero-order valence-corrected chi connectivity index (χ0v) is 11.5. The van der Waals surface area contributed by atoms with Gasteiger partial charge in [0.25, 0.3) is 0 Å². The maximum Gasteiger partial charge on any atom is 0.135 e. The van der Waals surface area contributed by atoms with E-state index in [9.17, 15) is 0 Å². The summed E-state index contributed by atoms with van der Waals surface area (Å²) in [4.78, 5) is 8.69. The van der Waals surface area contributed by atoms with Crippen molar-refractivity contribution in [3.63, 3.8) is 0 Å². The highest BCUT2D eigenvalue weighted by molar-refractivity contribution is 5.59. The highest BCUT2D eigenvalue weighted by atomic mass is 15.1. The summed E-state index contributed by atoms with van der Waals surface area (Å²) in [5.41, 5.74) is 1.18. The molecule has 0 bridgehead atoms. The van der Waals surface area contributed by atoms with Gasteiger partial charge in [0.15, 0.2) is 0 Å². The summed E-state index contributed by atoms with van der Waals surface area (Å²) in [6.07, 6.45) is 2.70. The Kier molecular flexibility index (Phi) is 5.19. The van der Waals surface area contributed by atoms with E-state index in [2.05, 4.69) is 55.2 Å². The zero-order chi connectivity index (χ0) is 12.8. The van der Waals surface area contributed by atoms with E-state index in [4.69, 9.17) is 0 Å². The molecule has 0 aromatic carbocycles. The van der Waals surface area contributed by atoms with E-state index in [1.165, 1.54) is 5.56 Å². The van der Waals surface area contributed by atoms with Crippen LogP contribution in [0.5, 0.6) is 0 Å². The lowest BCUT2D eigenvalue weighted by Crippen LogP contribution is -2.18. The lowest BCUT2D eigenvalue weighted by molar-refractivity contribution is 0.748. The molecule has 1 unspecified atom stereocenters. The summed E-state index contributed by atoms with van der Waals surface area (Å²) < 4.78 is 0. The Morgan fingerprint density at radius 1 is 1.12 bits per heavy atom. The molecule has 1 rings (SSSR count). The third-order valence-corrected chi connectivity index (χ3v) is 2.80. The summed E-state index contributed by atoms with van der Waals surface area (Å²) >= 11 is 0. The summed E-state index contributed by atoms with van der Waals surface area (Å²) in [6, 6.07) is 0.428. The molecule has 1 heterocycles. The molecule has 0 spiro atoms. The van der Waals surface area contributed by atoms with E-state index < -0.39 is 0 Å². The average Bonchev–Trinajstić information content (AvgIpc) is 2.29. The molecule has 0 radical (unpaired) electrons. The Bertz CT molecular complexity index is 349. The predicted octanol–water partition coefficient (Wildman–Crippen LogP) is 3.24. The van der Waals surface area contributed by atoms with Gasteiger partial charge in [-0.25, -0.2) is 9.97 Å². The van der Waals surface area contributed by atoms with E-state index >= 15 is 0 Å². The van der Waals surface area contributed by atoms with Crippen molar-refractivity contribution in [3.8, 4) is 0 Å². The van der Waals surface area contributed by atoms with E-state index in [1.54, 1.807) is 6.33 Å². The van der Waals surface area contributed by atoms with Crippen LogP contribution in [0.1, 0.15) is 52.5 Å². The number of hydrogen-bond donors (Lipinski definition) is 2. The maximum atomic E-state index is 4.37. The second-order valence-electron chi connectivity index (χ2n) is 4.62. The van der Waals surface area contributed by atoms with Crippen molar-refractivity contribution >= 4 is 11.6 Å². The van der Waals surface area contributed by atoms with Gasteiger partial charge in [0.05, 0.1) is 0 Å². The van der Waals surface area contributed by atoms with Crippen molar-refractivity contribution in [2.45, 2.75) is 53.0 Å². The highest BCUT2D eigenvalue weighted by Gasteiger charge is 2.15. The van der Waals surface area contributed by atoms with Crippen LogP contribution in [0.15, 0.2) is 6.33 Å². The third kappa shape index (κ3) is 3.58. The van der Waals surface area contributed by atoms with Crippen molar-refractivity contribution in [1.82, 2.24) is 9.97 Å². The molecule has 1 aromatic heterocycles. The van der Waals surface area contributed by atoms with E-state index in [1.807, 2.05) is 0 Å². The van der Waals surface area contributed by atoms with Gasteiger partial charge in [-0.05, 0) is 26.2 Å². The van der Waals surface area contributed by atoms with Crippen LogP contribution in [0.3, 0.4) is 0 Å². The fraction of sp³-hybridized carbons (Fsp3) is 0.692. The Morgan fingerprint density at radius 3 is 2.29 bits per heavy atom.